The van der Waals surface area contributed by atoms with Gasteiger partial charge in [-0.25, -0.2) is 19.7 Å². The van der Waals surface area contributed by atoms with E-state index in [0.29, 0.717) is 29.8 Å². The lowest BCUT2D eigenvalue weighted by molar-refractivity contribution is -0.192. The lowest BCUT2D eigenvalue weighted by Gasteiger charge is -2.18. The van der Waals surface area contributed by atoms with Crippen molar-refractivity contribution in [2.75, 3.05) is 5.73 Å². The van der Waals surface area contributed by atoms with Crippen molar-refractivity contribution in [3.05, 3.63) is 12.2 Å². The minimum Gasteiger partial charge on any atom is -0.475 e. The lowest BCUT2D eigenvalue weighted by Crippen LogP contribution is -2.42. The first kappa shape index (κ1) is 27.8. The highest BCUT2D eigenvalue weighted by molar-refractivity contribution is 5.82. The number of amides is 1. The van der Waals surface area contributed by atoms with E-state index in [1.54, 1.807) is 11.5 Å². The fraction of sp³-hybridized carbons (Fsp3) is 0.571. The molecule has 0 unspecified atom stereocenters. The number of anilines is 1. The summed E-state index contributed by atoms with van der Waals surface area (Å²) in [4.78, 5) is 33.5. The van der Waals surface area contributed by atoms with Gasteiger partial charge >= 0.3 is 12.1 Å². The summed E-state index contributed by atoms with van der Waals surface area (Å²) in [6.07, 6.45) is -2.25. The van der Waals surface area contributed by atoms with Crippen LogP contribution in [-0.4, -0.2) is 71.1 Å². The van der Waals surface area contributed by atoms with Crippen molar-refractivity contribution < 1.29 is 38.1 Å². The predicted molar refractivity (Wildman–Crippen MR) is 118 cm³/mol. The minimum absolute atomic E-state index is 0.177. The molecule has 2 aromatic heterocycles. The van der Waals surface area contributed by atoms with Crippen LogP contribution in [0.15, 0.2) is 6.33 Å². The fourth-order valence-corrected chi connectivity index (χ4v) is 3.38. The molecule has 2 aromatic rings. The molecule has 0 bridgehead atoms. The second-order valence-corrected chi connectivity index (χ2v) is 7.78. The van der Waals surface area contributed by atoms with Crippen molar-refractivity contribution in [1.29, 1.82) is 0 Å². The molecule has 1 saturated carbocycles. The molecule has 2 heterocycles. The van der Waals surface area contributed by atoms with E-state index in [9.17, 15) is 28.2 Å². The first-order chi connectivity index (χ1) is 16.4. The lowest BCUT2D eigenvalue weighted by atomic mass is 10.2. The SMILES string of the molecule is CCCCC#Cc1nc(N)c2ncn([C@@H]3C[C@H](NC(=O)CC)[C@@H](O)[C@H]3O)c2n1.O=C(O)C(F)(F)F. The van der Waals surface area contributed by atoms with Crippen LogP contribution in [0.3, 0.4) is 0 Å². The Hall–Kier alpha value is -3.44. The molecule has 0 spiro atoms. The highest BCUT2D eigenvalue weighted by Gasteiger charge is 2.43. The number of fused-ring (bicyclic) bond motifs is 1. The Morgan fingerprint density at radius 1 is 1.26 bits per heavy atom. The number of aromatic nitrogens is 4. The normalized spacial score (nSPS) is 21.6. The number of halogens is 3. The van der Waals surface area contributed by atoms with Crippen LogP contribution in [0.1, 0.15) is 57.8 Å². The molecular weight excluding hydrogens is 473 g/mol. The first-order valence-corrected chi connectivity index (χ1v) is 10.8. The Morgan fingerprint density at radius 2 is 1.91 bits per heavy atom. The van der Waals surface area contributed by atoms with Crippen LogP contribution in [0.25, 0.3) is 11.2 Å². The number of rotatable bonds is 5. The average Bonchev–Trinajstić information content (AvgIpc) is 3.33. The summed E-state index contributed by atoms with van der Waals surface area (Å²) in [6.45, 7) is 3.83. The van der Waals surface area contributed by atoms with Crippen molar-refractivity contribution in [1.82, 2.24) is 24.8 Å². The molecule has 35 heavy (non-hydrogen) atoms. The van der Waals surface area contributed by atoms with Gasteiger partial charge in [0, 0.05) is 12.8 Å². The van der Waals surface area contributed by atoms with Gasteiger partial charge in [-0.15, -0.1) is 0 Å². The third kappa shape index (κ3) is 7.03. The number of nitrogens with two attached hydrogens (primary N) is 1. The molecule has 0 aromatic carbocycles. The van der Waals surface area contributed by atoms with Gasteiger partial charge in [-0.2, -0.15) is 13.2 Å². The van der Waals surface area contributed by atoms with Crippen LogP contribution in [-0.2, 0) is 9.59 Å². The zero-order chi connectivity index (χ0) is 26.3. The highest BCUT2D eigenvalue weighted by atomic mass is 19.4. The van der Waals surface area contributed by atoms with Crippen LogP contribution in [0, 0.1) is 11.8 Å². The number of carbonyl (C=O) groups is 2. The number of carbonyl (C=O) groups excluding carboxylic acids is 1. The zero-order valence-electron chi connectivity index (χ0n) is 19.1. The van der Waals surface area contributed by atoms with Gasteiger partial charge in [-0.1, -0.05) is 26.2 Å². The Kier molecular flexibility index (Phi) is 9.38. The van der Waals surface area contributed by atoms with Crippen molar-refractivity contribution in [3.8, 4) is 11.8 Å². The van der Waals surface area contributed by atoms with E-state index in [-0.39, 0.29) is 11.7 Å². The number of hydrogen-bond donors (Lipinski definition) is 5. The van der Waals surface area contributed by atoms with E-state index >= 15 is 0 Å². The van der Waals surface area contributed by atoms with Crippen molar-refractivity contribution in [3.63, 3.8) is 0 Å². The maximum absolute atomic E-state index is 11.7. The highest BCUT2D eigenvalue weighted by Crippen LogP contribution is 2.33. The van der Waals surface area contributed by atoms with Gasteiger partial charge < -0.3 is 30.9 Å². The molecule has 0 saturated heterocycles. The summed E-state index contributed by atoms with van der Waals surface area (Å²) in [5, 5.41) is 30.7. The molecule has 1 amide bonds. The summed E-state index contributed by atoms with van der Waals surface area (Å²) in [5.74, 6) is 3.53. The number of aliphatic hydroxyl groups excluding tert-OH is 2. The Bertz CT molecular complexity index is 1110. The van der Waals surface area contributed by atoms with E-state index < -0.39 is 36.4 Å². The Morgan fingerprint density at radius 3 is 2.49 bits per heavy atom. The smallest absolute Gasteiger partial charge is 0.475 e. The molecule has 11 nitrogen and oxygen atoms in total. The van der Waals surface area contributed by atoms with E-state index in [1.165, 1.54) is 6.33 Å². The van der Waals surface area contributed by atoms with E-state index in [2.05, 4.69) is 39.0 Å². The molecule has 1 fully saturated rings. The maximum atomic E-state index is 11.7. The zero-order valence-corrected chi connectivity index (χ0v) is 19.1. The van der Waals surface area contributed by atoms with Gasteiger partial charge in [0.25, 0.3) is 0 Å². The number of unbranched alkanes of at least 4 members (excludes halogenated alkanes) is 2. The number of carboxylic acids is 1. The van der Waals surface area contributed by atoms with Gasteiger partial charge in [0.15, 0.2) is 11.5 Å². The molecule has 3 rings (SSSR count). The van der Waals surface area contributed by atoms with Crippen LogP contribution >= 0.6 is 0 Å². The minimum atomic E-state index is -5.08. The Balaban J connectivity index is 0.000000540. The number of hydrogen-bond acceptors (Lipinski definition) is 8. The molecule has 192 valence electrons. The molecular formula is C21H27F3N6O5. The second kappa shape index (κ2) is 11.8. The standard InChI is InChI=1S/C19H26N6O3.C2HF3O2/c1-3-5-6-7-8-13-23-18(20)15-19(24-13)25(10-21-15)12-9-11(16(27)17(12)28)22-14(26)4-2;3-2(4,5)1(6)7/h10-12,16-17,27-28H,3-6,9H2,1-2H3,(H,22,26)(H2,20,23,24);(H,6,7)/t11-,12+,16+,17-;/m0./s1. The number of nitrogens with zero attached hydrogens (tertiary/aromatic N) is 4. The number of carboxylic acid groups (broad SMARTS) is 1. The third-order valence-corrected chi connectivity index (χ3v) is 5.22. The van der Waals surface area contributed by atoms with Gasteiger partial charge in [0.1, 0.15) is 17.7 Å². The average molecular weight is 500 g/mol. The molecule has 0 radical (unpaired) electrons. The van der Waals surface area contributed by atoms with Gasteiger partial charge in [-0.05, 0) is 18.8 Å². The number of alkyl halides is 3. The molecule has 4 atom stereocenters. The Labute approximate surface area is 198 Å². The van der Waals surface area contributed by atoms with Crippen molar-refractivity contribution in [2.45, 2.75) is 76.4 Å². The number of nitrogen functional groups attached to an aromatic ring is 1. The van der Waals surface area contributed by atoms with Crippen molar-refractivity contribution in [2.24, 2.45) is 0 Å². The van der Waals surface area contributed by atoms with Crippen molar-refractivity contribution >= 4 is 28.9 Å². The summed E-state index contributed by atoms with van der Waals surface area (Å²) in [5.41, 5.74) is 6.88. The maximum Gasteiger partial charge on any atom is 0.490 e. The summed E-state index contributed by atoms with van der Waals surface area (Å²) in [6, 6.07) is -1.05. The van der Waals surface area contributed by atoms with E-state index in [4.69, 9.17) is 15.6 Å². The van der Waals surface area contributed by atoms with Crippen LogP contribution in [0.4, 0.5) is 19.0 Å². The third-order valence-electron chi connectivity index (χ3n) is 5.22. The van der Waals surface area contributed by atoms with Crippen LogP contribution in [0.2, 0.25) is 0 Å². The summed E-state index contributed by atoms with van der Waals surface area (Å²) in [7, 11) is 0. The molecule has 14 heteroatoms. The van der Waals surface area contributed by atoms with Gasteiger partial charge in [0.05, 0.1) is 18.4 Å². The van der Waals surface area contributed by atoms with Crippen LogP contribution in [0.5, 0.6) is 0 Å². The monoisotopic (exact) mass is 500 g/mol. The topological polar surface area (TPSA) is 176 Å². The molecule has 1 aliphatic carbocycles. The number of imidazole rings is 1. The van der Waals surface area contributed by atoms with E-state index in [0.717, 1.165) is 19.3 Å². The van der Waals surface area contributed by atoms with Gasteiger partial charge in [-0.3, -0.25) is 4.79 Å². The van der Waals surface area contributed by atoms with E-state index in [1.807, 2.05) is 0 Å². The summed E-state index contributed by atoms with van der Waals surface area (Å²) >= 11 is 0. The summed E-state index contributed by atoms with van der Waals surface area (Å²) < 4.78 is 33.4. The first-order valence-electron chi connectivity index (χ1n) is 10.8. The number of nitrogens with one attached hydrogen (secondary N) is 1. The fourth-order valence-electron chi connectivity index (χ4n) is 3.38. The quantitative estimate of drug-likeness (QED) is 0.298. The molecule has 6 N–H and O–H groups in total. The largest absolute Gasteiger partial charge is 0.490 e. The predicted octanol–water partition coefficient (Wildman–Crippen LogP) is 1.14. The molecule has 0 aliphatic heterocycles. The van der Waals surface area contributed by atoms with Crippen LogP contribution < -0.4 is 11.1 Å². The number of aliphatic hydroxyl groups is 2. The molecule has 1 aliphatic rings. The van der Waals surface area contributed by atoms with Gasteiger partial charge in [0.2, 0.25) is 11.7 Å². The second-order valence-electron chi connectivity index (χ2n) is 7.78. The number of aliphatic carboxylic acids is 1.